The third-order valence-electron chi connectivity index (χ3n) is 5.73. The Bertz CT molecular complexity index is 583. The van der Waals surface area contributed by atoms with Gasteiger partial charge < -0.3 is 18.9 Å². The summed E-state index contributed by atoms with van der Waals surface area (Å²) in [5, 5.41) is 0. The number of hydrogen-bond acceptors (Lipinski definition) is 5. The summed E-state index contributed by atoms with van der Waals surface area (Å²) in [6.07, 6.45) is -4.42. The zero-order valence-corrected chi connectivity index (χ0v) is 14.7. The fourth-order valence-electron chi connectivity index (χ4n) is 4.06. The molecule has 142 valence electrons. The zero-order valence-electron chi connectivity index (χ0n) is 14.7. The maximum atomic E-state index is 12.6. The van der Waals surface area contributed by atoms with E-state index in [9.17, 15) is 18.0 Å². The lowest BCUT2D eigenvalue weighted by Gasteiger charge is -2.40. The van der Waals surface area contributed by atoms with Gasteiger partial charge in [0.2, 0.25) is 0 Å². The van der Waals surface area contributed by atoms with Gasteiger partial charge in [0.15, 0.2) is 5.78 Å². The Kier molecular flexibility index (Phi) is 4.55. The number of methoxy groups -OCH3 is 2. The molecule has 1 aliphatic carbocycles. The highest BCUT2D eigenvalue weighted by Gasteiger charge is 2.73. The van der Waals surface area contributed by atoms with Crippen molar-refractivity contribution < 1.29 is 36.9 Å². The van der Waals surface area contributed by atoms with E-state index in [0.717, 1.165) is 13.0 Å². The smallest absolute Gasteiger partial charge is 0.373 e. The first-order valence-electron chi connectivity index (χ1n) is 8.24. The molecule has 0 amide bonds. The van der Waals surface area contributed by atoms with Crippen LogP contribution in [0.4, 0.5) is 13.2 Å². The Morgan fingerprint density at radius 2 is 2.00 bits per heavy atom. The van der Waals surface area contributed by atoms with Gasteiger partial charge in [-0.05, 0) is 20.3 Å². The largest absolute Gasteiger partial charge is 0.412 e. The van der Waals surface area contributed by atoms with Crippen molar-refractivity contribution in [3.63, 3.8) is 0 Å². The first-order chi connectivity index (χ1) is 11.6. The third kappa shape index (κ3) is 3.13. The second kappa shape index (κ2) is 6.04. The number of alkyl halides is 3. The van der Waals surface area contributed by atoms with E-state index >= 15 is 0 Å². The van der Waals surface area contributed by atoms with Crippen LogP contribution in [0.5, 0.6) is 0 Å². The molecule has 25 heavy (non-hydrogen) atoms. The second-order valence-corrected chi connectivity index (χ2v) is 7.23. The molecule has 2 heterocycles. The van der Waals surface area contributed by atoms with Gasteiger partial charge in [0.25, 0.3) is 0 Å². The molecule has 0 aromatic rings. The van der Waals surface area contributed by atoms with Gasteiger partial charge in [-0.15, -0.1) is 0 Å². The molecule has 0 N–H and O–H groups in total. The molecule has 0 aromatic carbocycles. The highest BCUT2D eigenvalue weighted by Crippen LogP contribution is 2.59. The van der Waals surface area contributed by atoms with Crippen LogP contribution in [-0.2, 0) is 23.7 Å². The first-order valence-corrected chi connectivity index (χ1v) is 8.24. The number of rotatable bonds is 5. The average molecular weight is 364 g/mol. The molecule has 6 atom stereocenters. The van der Waals surface area contributed by atoms with Gasteiger partial charge in [-0.1, -0.05) is 6.08 Å². The third-order valence-corrected chi connectivity index (χ3v) is 5.73. The van der Waals surface area contributed by atoms with Crippen LogP contribution in [0.1, 0.15) is 26.7 Å². The number of ether oxygens (including phenoxy) is 4. The number of ketones is 1. The molecule has 8 heteroatoms. The van der Waals surface area contributed by atoms with Crippen molar-refractivity contribution in [2.75, 3.05) is 20.8 Å². The summed E-state index contributed by atoms with van der Waals surface area (Å²) in [5.74, 6) is -0.540. The normalized spacial score (nSPS) is 44.3. The SMILES string of the molecule is CO[C@@H]1C(=O)[C@H](OC)C[C@]2(CO2)[C@H]1[C@@]1(C)O[C@@H]1C/C=C(\C)C(F)(F)F. The molecule has 5 nitrogen and oxygen atoms in total. The van der Waals surface area contributed by atoms with Crippen LogP contribution in [0.25, 0.3) is 0 Å². The highest BCUT2D eigenvalue weighted by atomic mass is 19.4. The number of carbonyl (C=O) groups excluding carboxylic acids is 1. The minimum atomic E-state index is -4.34. The van der Waals surface area contributed by atoms with Gasteiger partial charge in [0.05, 0.1) is 18.6 Å². The Morgan fingerprint density at radius 3 is 2.48 bits per heavy atom. The van der Waals surface area contributed by atoms with Crippen LogP contribution < -0.4 is 0 Å². The fraction of sp³-hybridized carbons (Fsp3) is 0.824. The van der Waals surface area contributed by atoms with E-state index in [4.69, 9.17) is 18.9 Å². The number of halogens is 3. The van der Waals surface area contributed by atoms with Crippen LogP contribution in [0.3, 0.4) is 0 Å². The van der Waals surface area contributed by atoms with Crippen LogP contribution in [0, 0.1) is 5.92 Å². The molecule has 2 saturated heterocycles. The first kappa shape index (κ1) is 18.8. The van der Waals surface area contributed by atoms with Gasteiger partial charge in [0.1, 0.15) is 23.4 Å². The van der Waals surface area contributed by atoms with Gasteiger partial charge in [-0.25, -0.2) is 0 Å². The minimum Gasteiger partial charge on any atom is -0.373 e. The number of hydrogen-bond donors (Lipinski definition) is 0. The lowest BCUT2D eigenvalue weighted by molar-refractivity contribution is -0.157. The van der Waals surface area contributed by atoms with E-state index < -0.39 is 41.3 Å². The molecule has 0 bridgehead atoms. The molecular weight excluding hydrogens is 341 g/mol. The lowest BCUT2D eigenvalue weighted by atomic mass is 9.68. The van der Waals surface area contributed by atoms with Crippen LogP contribution in [0.2, 0.25) is 0 Å². The number of epoxide rings is 2. The van der Waals surface area contributed by atoms with Gasteiger partial charge >= 0.3 is 6.18 Å². The Labute approximate surface area is 144 Å². The molecule has 1 saturated carbocycles. The van der Waals surface area contributed by atoms with E-state index in [2.05, 4.69) is 0 Å². The number of allylic oxidation sites excluding steroid dienone is 1. The standard InChI is InChI=1S/C17H23F3O5/c1-9(17(18,19)20)5-6-11-15(2,25-11)14-13(23-4)12(21)10(22-3)7-16(14)8-24-16/h5,10-11,13-14H,6-8H2,1-4H3/b9-5+/t10-,11-,13-,14-,15+,16+/m1/s1. The molecule has 3 fully saturated rings. The van der Waals surface area contributed by atoms with E-state index in [1.54, 1.807) is 0 Å². The van der Waals surface area contributed by atoms with Crippen LogP contribution in [-0.4, -0.2) is 62.3 Å². The van der Waals surface area contributed by atoms with Crippen molar-refractivity contribution >= 4 is 5.78 Å². The van der Waals surface area contributed by atoms with E-state index in [1.165, 1.54) is 14.2 Å². The number of Topliss-reactive ketones (excluding diaryl/α,β-unsaturated/α-hetero) is 1. The van der Waals surface area contributed by atoms with Crippen LogP contribution >= 0.6 is 0 Å². The molecule has 3 aliphatic rings. The molecule has 3 rings (SSSR count). The zero-order chi connectivity index (χ0) is 18.6. The second-order valence-electron chi connectivity index (χ2n) is 7.23. The fourth-order valence-corrected chi connectivity index (χ4v) is 4.06. The van der Waals surface area contributed by atoms with E-state index in [1.807, 2.05) is 6.92 Å². The number of carbonyl (C=O) groups is 1. The van der Waals surface area contributed by atoms with Crippen molar-refractivity contribution in [1.82, 2.24) is 0 Å². The molecule has 0 unspecified atom stereocenters. The van der Waals surface area contributed by atoms with Crippen molar-refractivity contribution in [2.45, 2.75) is 62.4 Å². The summed E-state index contributed by atoms with van der Waals surface area (Å²) in [6.45, 7) is 3.32. The van der Waals surface area contributed by atoms with Crippen molar-refractivity contribution in [3.8, 4) is 0 Å². The quantitative estimate of drug-likeness (QED) is 0.554. The summed E-state index contributed by atoms with van der Waals surface area (Å²) >= 11 is 0. The predicted molar refractivity (Wildman–Crippen MR) is 81.1 cm³/mol. The highest BCUT2D eigenvalue weighted by molar-refractivity contribution is 5.89. The summed E-state index contributed by atoms with van der Waals surface area (Å²) in [7, 11) is 2.91. The van der Waals surface area contributed by atoms with Gasteiger partial charge in [-0.2, -0.15) is 13.2 Å². The van der Waals surface area contributed by atoms with Gasteiger partial charge in [0, 0.05) is 26.2 Å². The monoisotopic (exact) mass is 364 g/mol. The molecule has 0 radical (unpaired) electrons. The maximum Gasteiger partial charge on any atom is 0.412 e. The Hall–Kier alpha value is -0.960. The predicted octanol–water partition coefficient (Wildman–Crippen LogP) is 2.43. The molecule has 1 spiro atoms. The van der Waals surface area contributed by atoms with Gasteiger partial charge in [-0.3, -0.25) is 4.79 Å². The van der Waals surface area contributed by atoms with E-state index in [-0.39, 0.29) is 18.1 Å². The summed E-state index contributed by atoms with van der Waals surface area (Å²) in [5.41, 5.74) is -1.97. The molecule has 2 aliphatic heterocycles. The lowest BCUT2D eigenvalue weighted by Crippen LogP contribution is -2.58. The topological polar surface area (TPSA) is 60.6 Å². The molecular formula is C17H23F3O5. The Balaban J connectivity index is 1.78. The summed E-state index contributed by atoms with van der Waals surface area (Å²) in [6, 6.07) is 0. The van der Waals surface area contributed by atoms with Crippen molar-refractivity contribution in [2.24, 2.45) is 5.92 Å². The maximum absolute atomic E-state index is 12.6. The summed E-state index contributed by atoms with van der Waals surface area (Å²) < 4.78 is 60.0. The average Bonchev–Trinajstić information content (AvgIpc) is 3.44. The van der Waals surface area contributed by atoms with E-state index in [0.29, 0.717) is 13.0 Å². The van der Waals surface area contributed by atoms with Crippen LogP contribution in [0.15, 0.2) is 11.6 Å². The summed E-state index contributed by atoms with van der Waals surface area (Å²) in [4.78, 5) is 12.6. The van der Waals surface area contributed by atoms with Crippen molar-refractivity contribution in [1.29, 1.82) is 0 Å². The Morgan fingerprint density at radius 1 is 1.36 bits per heavy atom. The molecule has 0 aromatic heterocycles. The van der Waals surface area contributed by atoms with Crippen molar-refractivity contribution in [3.05, 3.63) is 11.6 Å². The minimum absolute atomic E-state index is 0.132.